The number of hydrogen-bond acceptors (Lipinski definition) is 7. The van der Waals surface area contributed by atoms with E-state index < -0.39 is 0 Å². The number of nitrogens with zero attached hydrogens (tertiary/aromatic N) is 4. The van der Waals surface area contributed by atoms with Crippen LogP contribution in [-0.4, -0.2) is 61.8 Å². The number of rotatable bonds is 7. The predicted octanol–water partition coefficient (Wildman–Crippen LogP) is 3.42. The first-order chi connectivity index (χ1) is 13.8. The van der Waals surface area contributed by atoms with Gasteiger partial charge in [-0.3, -0.25) is 4.90 Å². The molecule has 2 aromatic heterocycles. The summed E-state index contributed by atoms with van der Waals surface area (Å²) in [6, 6.07) is 5.96. The topological polar surface area (TPSA) is 63.9 Å². The van der Waals surface area contributed by atoms with Crippen LogP contribution in [0, 0.1) is 0 Å². The standard InChI is InChI=1S/C21H26N4O3.ClH/c1-26-17-5-6-19-18(12-17)16(14-28-19)4-3-7-24-8-10-25(11-9-24)21-20(27-2)13-22-15-23-21;/h5-6,12-15H,3-4,7-11H2,1-2H3;1H. The summed E-state index contributed by atoms with van der Waals surface area (Å²) in [5, 5.41) is 1.15. The average molecular weight is 419 g/mol. The van der Waals surface area contributed by atoms with Crippen molar-refractivity contribution in [2.24, 2.45) is 0 Å². The number of hydrogen-bond donors (Lipinski definition) is 0. The van der Waals surface area contributed by atoms with Crippen molar-refractivity contribution in [3.8, 4) is 11.5 Å². The first-order valence-electron chi connectivity index (χ1n) is 9.64. The fraction of sp³-hybridized carbons (Fsp3) is 0.429. The van der Waals surface area contributed by atoms with E-state index >= 15 is 0 Å². The number of furan rings is 1. The Balaban J connectivity index is 0.00000240. The van der Waals surface area contributed by atoms with Crippen LogP contribution in [0.4, 0.5) is 5.82 Å². The van der Waals surface area contributed by atoms with Gasteiger partial charge in [-0.25, -0.2) is 9.97 Å². The van der Waals surface area contributed by atoms with Gasteiger partial charge in [0.2, 0.25) is 0 Å². The Morgan fingerprint density at radius 3 is 2.69 bits per heavy atom. The van der Waals surface area contributed by atoms with Crippen LogP contribution in [0.3, 0.4) is 0 Å². The summed E-state index contributed by atoms with van der Waals surface area (Å²) >= 11 is 0. The molecule has 0 spiro atoms. The van der Waals surface area contributed by atoms with Crippen LogP contribution in [0.2, 0.25) is 0 Å². The molecule has 3 aromatic rings. The zero-order chi connectivity index (χ0) is 19.3. The van der Waals surface area contributed by atoms with E-state index in [1.807, 2.05) is 18.4 Å². The van der Waals surface area contributed by atoms with Gasteiger partial charge in [-0.1, -0.05) is 0 Å². The van der Waals surface area contributed by atoms with Crippen LogP contribution in [0.1, 0.15) is 12.0 Å². The van der Waals surface area contributed by atoms with Crippen molar-refractivity contribution in [1.29, 1.82) is 0 Å². The molecule has 0 unspecified atom stereocenters. The molecule has 1 aliphatic heterocycles. The molecule has 3 heterocycles. The van der Waals surface area contributed by atoms with E-state index in [9.17, 15) is 0 Å². The summed E-state index contributed by atoms with van der Waals surface area (Å²) in [6.45, 7) is 5.00. The largest absolute Gasteiger partial charge is 0.497 e. The van der Waals surface area contributed by atoms with Crippen LogP contribution in [0.15, 0.2) is 41.4 Å². The molecule has 0 N–H and O–H groups in total. The Bertz CT molecular complexity index is 925. The minimum absolute atomic E-state index is 0. The van der Waals surface area contributed by atoms with Gasteiger partial charge < -0.3 is 18.8 Å². The average Bonchev–Trinajstić information content (AvgIpc) is 3.16. The van der Waals surface area contributed by atoms with E-state index in [1.165, 1.54) is 5.56 Å². The lowest BCUT2D eigenvalue weighted by atomic mass is 10.1. The molecule has 1 saturated heterocycles. The molecule has 0 bridgehead atoms. The summed E-state index contributed by atoms with van der Waals surface area (Å²) in [7, 11) is 3.35. The van der Waals surface area contributed by atoms with Crippen LogP contribution in [0.5, 0.6) is 11.5 Å². The molecule has 0 atom stereocenters. The van der Waals surface area contributed by atoms with Gasteiger partial charge in [-0.05, 0) is 43.1 Å². The summed E-state index contributed by atoms with van der Waals surface area (Å²) in [4.78, 5) is 13.2. The predicted molar refractivity (Wildman–Crippen MR) is 116 cm³/mol. The molecule has 4 rings (SSSR count). The Hall–Kier alpha value is -2.51. The second-order valence-corrected chi connectivity index (χ2v) is 6.97. The van der Waals surface area contributed by atoms with E-state index in [1.54, 1.807) is 26.7 Å². The number of aryl methyl sites for hydroxylation is 1. The fourth-order valence-corrected chi connectivity index (χ4v) is 3.75. The second-order valence-electron chi connectivity index (χ2n) is 6.97. The van der Waals surface area contributed by atoms with E-state index in [0.717, 1.165) is 73.9 Å². The Morgan fingerprint density at radius 1 is 1.10 bits per heavy atom. The minimum atomic E-state index is 0. The number of benzene rings is 1. The number of anilines is 1. The van der Waals surface area contributed by atoms with E-state index in [0.29, 0.717) is 0 Å². The van der Waals surface area contributed by atoms with Crippen LogP contribution >= 0.6 is 12.4 Å². The molecule has 0 amide bonds. The third-order valence-corrected chi connectivity index (χ3v) is 5.33. The van der Waals surface area contributed by atoms with Crippen LogP contribution < -0.4 is 14.4 Å². The highest BCUT2D eigenvalue weighted by Gasteiger charge is 2.20. The molecular weight excluding hydrogens is 392 g/mol. The minimum Gasteiger partial charge on any atom is -0.497 e. The summed E-state index contributed by atoms with van der Waals surface area (Å²) < 4.78 is 16.4. The molecule has 156 valence electrons. The number of ether oxygens (including phenoxy) is 2. The summed E-state index contributed by atoms with van der Waals surface area (Å²) in [5.41, 5.74) is 2.17. The van der Waals surface area contributed by atoms with Crippen molar-refractivity contribution in [2.45, 2.75) is 12.8 Å². The first-order valence-corrected chi connectivity index (χ1v) is 9.64. The van der Waals surface area contributed by atoms with Crippen molar-refractivity contribution < 1.29 is 13.9 Å². The maximum Gasteiger partial charge on any atom is 0.179 e. The molecular formula is C21H27ClN4O3. The molecule has 29 heavy (non-hydrogen) atoms. The van der Waals surface area contributed by atoms with Crippen LogP contribution in [0.25, 0.3) is 11.0 Å². The molecule has 0 radical (unpaired) electrons. The number of piperazine rings is 1. The fourth-order valence-electron chi connectivity index (χ4n) is 3.75. The first kappa shape index (κ1) is 21.2. The molecule has 1 aliphatic rings. The van der Waals surface area contributed by atoms with Crippen molar-refractivity contribution in [1.82, 2.24) is 14.9 Å². The lowest BCUT2D eigenvalue weighted by Gasteiger charge is -2.35. The maximum atomic E-state index is 5.68. The zero-order valence-corrected chi connectivity index (χ0v) is 17.7. The summed E-state index contributed by atoms with van der Waals surface area (Å²) in [6.07, 6.45) is 7.28. The van der Waals surface area contributed by atoms with Gasteiger partial charge in [0.25, 0.3) is 0 Å². The highest BCUT2D eigenvalue weighted by atomic mass is 35.5. The SMILES string of the molecule is COc1ccc2occ(CCCN3CCN(c4ncncc4OC)CC3)c2c1.Cl. The van der Waals surface area contributed by atoms with Gasteiger partial charge in [-0.2, -0.15) is 0 Å². The third kappa shape index (κ3) is 4.74. The van der Waals surface area contributed by atoms with Crippen molar-refractivity contribution in [3.05, 3.63) is 42.5 Å². The van der Waals surface area contributed by atoms with Gasteiger partial charge >= 0.3 is 0 Å². The number of aromatic nitrogens is 2. The zero-order valence-electron chi connectivity index (χ0n) is 16.8. The molecule has 0 saturated carbocycles. The monoisotopic (exact) mass is 418 g/mol. The van der Waals surface area contributed by atoms with E-state index in [-0.39, 0.29) is 12.4 Å². The Morgan fingerprint density at radius 2 is 1.93 bits per heavy atom. The lowest BCUT2D eigenvalue weighted by Crippen LogP contribution is -2.47. The summed E-state index contributed by atoms with van der Waals surface area (Å²) in [5.74, 6) is 2.49. The highest BCUT2D eigenvalue weighted by Crippen LogP contribution is 2.27. The lowest BCUT2D eigenvalue weighted by molar-refractivity contribution is 0.253. The van der Waals surface area contributed by atoms with Gasteiger partial charge in [0.15, 0.2) is 11.6 Å². The smallest absolute Gasteiger partial charge is 0.179 e. The Labute approximate surface area is 177 Å². The second kappa shape index (κ2) is 9.80. The number of fused-ring (bicyclic) bond motifs is 1. The van der Waals surface area contributed by atoms with Gasteiger partial charge in [-0.15, -0.1) is 12.4 Å². The van der Waals surface area contributed by atoms with E-state index in [4.69, 9.17) is 13.9 Å². The third-order valence-electron chi connectivity index (χ3n) is 5.33. The quantitative estimate of drug-likeness (QED) is 0.582. The van der Waals surface area contributed by atoms with Crippen molar-refractivity contribution in [2.75, 3.05) is 51.8 Å². The maximum absolute atomic E-state index is 5.68. The van der Waals surface area contributed by atoms with Crippen LogP contribution in [-0.2, 0) is 6.42 Å². The number of halogens is 1. The van der Waals surface area contributed by atoms with Gasteiger partial charge in [0.1, 0.15) is 17.7 Å². The normalized spacial score (nSPS) is 14.6. The molecule has 8 heteroatoms. The molecule has 1 aromatic carbocycles. The highest BCUT2D eigenvalue weighted by molar-refractivity contribution is 5.85. The van der Waals surface area contributed by atoms with Crippen molar-refractivity contribution in [3.63, 3.8) is 0 Å². The number of methoxy groups -OCH3 is 2. The molecule has 1 fully saturated rings. The van der Waals surface area contributed by atoms with Crippen molar-refractivity contribution >= 4 is 29.2 Å². The van der Waals surface area contributed by atoms with E-state index in [2.05, 4.69) is 25.8 Å². The van der Waals surface area contributed by atoms with Gasteiger partial charge in [0.05, 0.1) is 26.7 Å². The molecule has 7 nitrogen and oxygen atoms in total. The Kier molecular flexibility index (Phi) is 7.17. The molecule has 0 aliphatic carbocycles. The van der Waals surface area contributed by atoms with Gasteiger partial charge in [0, 0.05) is 31.6 Å².